The first-order valence-electron chi connectivity index (χ1n) is 11.7. The van der Waals surface area contributed by atoms with E-state index in [1.807, 2.05) is 16.7 Å². The van der Waals surface area contributed by atoms with Crippen LogP contribution < -0.4 is 15.0 Å². The quantitative estimate of drug-likeness (QED) is 0.227. The highest BCUT2D eigenvalue weighted by Crippen LogP contribution is 2.29. The van der Waals surface area contributed by atoms with Crippen LogP contribution in [0.5, 0.6) is 11.5 Å². The minimum absolute atomic E-state index is 0.0192. The molecule has 0 unspecified atom stereocenters. The zero-order valence-corrected chi connectivity index (χ0v) is 20.1. The fraction of sp³-hybridized carbons (Fsp3) is 0.143. The lowest BCUT2D eigenvalue weighted by Gasteiger charge is -2.14. The van der Waals surface area contributed by atoms with Gasteiger partial charge in [-0.05, 0) is 53.1 Å². The third-order valence-corrected chi connectivity index (χ3v) is 5.98. The molecule has 1 N–H and O–H groups in total. The summed E-state index contributed by atoms with van der Waals surface area (Å²) in [5.41, 5.74) is 3.78. The van der Waals surface area contributed by atoms with Gasteiger partial charge in [0.2, 0.25) is 5.56 Å². The molecule has 0 saturated heterocycles. The summed E-state index contributed by atoms with van der Waals surface area (Å²) in [6.45, 7) is -2.87. The number of para-hydroxylation sites is 1. The van der Waals surface area contributed by atoms with Crippen molar-refractivity contribution < 1.29 is 31.4 Å². The number of H-pyrrole nitrogens is 1. The molecule has 2 heterocycles. The lowest BCUT2D eigenvalue weighted by Crippen LogP contribution is -2.17. The van der Waals surface area contributed by atoms with Crippen LogP contribution in [-0.4, -0.2) is 27.5 Å². The monoisotopic (exact) mass is 541 g/mol. The molecule has 0 atom stereocenters. The number of hydrogen-bond donors (Lipinski definition) is 1. The van der Waals surface area contributed by atoms with Crippen molar-refractivity contribution in [1.29, 1.82) is 0 Å². The van der Waals surface area contributed by atoms with Gasteiger partial charge in [0.1, 0.15) is 17.3 Å². The van der Waals surface area contributed by atoms with Crippen molar-refractivity contribution in [2.45, 2.75) is 25.9 Å². The second-order valence-electron chi connectivity index (χ2n) is 8.61. The number of ether oxygens (including phenoxy) is 2. The molecule has 5 rings (SSSR count). The van der Waals surface area contributed by atoms with Gasteiger partial charge in [0.05, 0.1) is 17.6 Å². The molecule has 0 aliphatic carbocycles. The second-order valence-corrected chi connectivity index (χ2v) is 8.61. The molecule has 39 heavy (non-hydrogen) atoms. The first-order valence-corrected chi connectivity index (χ1v) is 11.7. The Morgan fingerprint density at radius 3 is 2.36 bits per heavy atom. The van der Waals surface area contributed by atoms with E-state index < -0.39 is 13.0 Å². The van der Waals surface area contributed by atoms with Gasteiger partial charge in [0, 0.05) is 24.2 Å². The first-order chi connectivity index (χ1) is 18.6. The van der Waals surface area contributed by atoms with Gasteiger partial charge in [-0.2, -0.15) is 8.78 Å². The molecule has 0 saturated carbocycles. The molecule has 3 aromatic carbocycles. The molecule has 0 radical (unpaired) electrons. The Labute approximate surface area is 218 Å². The van der Waals surface area contributed by atoms with E-state index in [4.69, 9.17) is 9.72 Å². The van der Waals surface area contributed by atoms with Crippen LogP contribution in [0.25, 0.3) is 22.2 Å². The van der Waals surface area contributed by atoms with Crippen molar-refractivity contribution in [1.82, 2.24) is 14.5 Å². The number of nitrogens with zero attached hydrogens (tertiary/aromatic N) is 2. The molecule has 0 amide bonds. The van der Waals surface area contributed by atoms with E-state index in [0.717, 1.165) is 11.1 Å². The molecular weight excluding hydrogens is 521 g/mol. The smallest absolute Gasteiger partial charge is 0.434 e. The highest BCUT2D eigenvalue weighted by Gasteiger charge is 2.31. The lowest BCUT2D eigenvalue weighted by atomic mass is 10.1. The molecule has 0 spiro atoms. The Kier molecular flexibility index (Phi) is 7.05. The van der Waals surface area contributed by atoms with Crippen molar-refractivity contribution in [3.05, 3.63) is 112 Å². The number of benzene rings is 3. The van der Waals surface area contributed by atoms with Gasteiger partial charge in [0.25, 0.3) is 0 Å². The van der Waals surface area contributed by atoms with Gasteiger partial charge in [0.15, 0.2) is 0 Å². The molecule has 0 bridgehead atoms. The summed E-state index contributed by atoms with van der Waals surface area (Å²) in [4.78, 5) is 18.9. The molecule has 0 aliphatic heterocycles. The molecule has 200 valence electrons. The molecule has 0 aliphatic rings. The maximum Gasteiger partial charge on any atom is 0.573 e. The number of hydrogen-bond acceptors (Lipinski definition) is 4. The van der Waals surface area contributed by atoms with Gasteiger partial charge < -0.3 is 19.0 Å². The predicted molar refractivity (Wildman–Crippen MR) is 134 cm³/mol. The van der Waals surface area contributed by atoms with E-state index in [9.17, 15) is 26.7 Å². The lowest BCUT2D eigenvalue weighted by molar-refractivity contribution is -0.274. The summed E-state index contributed by atoms with van der Waals surface area (Å²) >= 11 is 0. The Hall–Kier alpha value is -4.67. The number of imidazole rings is 1. The molecule has 0 fully saturated rings. The zero-order chi connectivity index (χ0) is 27.6. The standard InChI is InChI=1S/C28H20F5N3O3/c29-27(30)38-24-4-2-1-3-20(24)16-36-23-14-18(19-8-12-26(37)34-15-19)7-11-22(23)35-25(36)13-17-5-9-21(10-6-17)39-28(31,32)33/h1-12,14-15,27H,13,16H2,(H,34,37). The van der Waals surface area contributed by atoms with Crippen molar-refractivity contribution in [3.63, 3.8) is 0 Å². The van der Waals surface area contributed by atoms with Gasteiger partial charge in [-0.25, -0.2) is 4.98 Å². The van der Waals surface area contributed by atoms with Gasteiger partial charge in [-0.3, -0.25) is 4.79 Å². The van der Waals surface area contributed by atoms with E-state index in [1.54, 1.807) is 36.5 Å². The van der Waals surface area contributed by atoms with Crippen LogP contribution in [0.4, 0.5) is 22.0 Å². The van der Waals surface area contributed by atoms with Crippen LogP contribution in [0.2, 0.25) is 0 Å². The van der Waals surface area contributed by atoms with Crippen molar-refractivity contribution in [3.8, 4) is 22.6 Å². The molecule has 11 heteroatoms. The zero-order valence-electron chi connectivity index (χ0n) is 20.1. The highest BCUT2D eigenvalue weighted by atomic mass is 19.4. The Bertz CT molecular complexity index is 1640. The number of pyridine rings is 1. The summed E-state index contributed by atoms with van der Waals surface area (Å²) in [6, 6.07) is 20.5. The summed E-state index contributed by atoms with van der Waals surface area (Å²) in [7, 11) is 0. The average molecular weight is 541 g/mol. The Morgan fingerprint density at radius 2 is 1.67 bits per heavy atom. The minimum atomic E-state index is -4.80. The minimum Gasteiger partial charge on any atom is -0.434 e. The molecule has 2 aromatic heterocycles. The first kappa shape index (κ1) is 26.0. The third-order valence-electron chi connectivity index (χ3n) is 5.98. The van der Waals surface area contributed by atoms with Crippen LogP contribution >= 0.6 is 0 Å². The topological polar surface area (TPSA) is 69.1 Å². The van der Waals surface area contributed by atoms with Gasteiger partial charge >= 0.3 is 13.0 Å². The highest BCUT2D eigenvalue weighted by molar-refractivity contribution is 5.82. The maximum atomic E-state index is 13.1. The number of halogens is 5. The summed E-state index contributed by atoms with van der Waals surface area (Å²) in [5, 5.41) is 0. The number of aromatic amines is 1. The SMILES string of the molecule is O=c1ccc(-c2ccc3nc(Cc4ccc(OC(F)(F)F)cc4)n(Cc4ccccc4OC(F)F)c3c2)c[nH]1. The van der Waals surface area contributed by atoms with Crippen molar-refractivity contribution in [2.24, 2.45) is 0 Å². The normalized spacial score (nSPS) is 11.7. The van der Waals surface area contributed by atoms with Crippen LogP contribution in [0.15, 0.2) is 89.9 Å². The summed E-state index contributed by atoms with van der Waals surface area (Å²) < 4.78 is 74.3. The van der Waals surface area contributed by atoms with Crippen molar-refractivity contribution in [2.75, 3.05) is 0 Å². The number of fused-ring (bicyclic) bond motifs is 1. The van der Waals surface area contributed by atoms with Crippen molar-refractivity contribution >= 4 is 11.0 Å². The third kappa shape index (κ3) is 6.25. The van der Waals surface area contributed by atoms with E-state index in [2.05, 4.69) is 9.72 Å². The maximum absolute atomic E-state index is 13.1. The summed E-state index contributed by atoms with van der Waals surface area (Å²) in [6.07, 6.45) is -2.97. The van der Waals surface area contributed by atoms with Crippen LogP contribution in [0.3, 0.4) is 0 Å². The fourth-order valence-electron chi connectivity index (χ4n) is 4.26. The Morgan fingerprint density at radius 1 is 0.923 bits per heavy atom. The van der Waals surface area contributed by atoms with E-state index in [0.29, 0.717) is 28.0 Å². The van der Waals surface area contributed by atoms with E-state index in [-0.39, 0.29) is 30.0 Å². The van der Waals surface area contributed by atoms with Gasteiger partial charge in [-0.15, -0.1) is 13.2 Å². The van der Waals surface area contributed by atoms with Crippen LogP contribution in [0, 0.1) is 0 Å². The second kappa shape index (κ2) is 10.6. The molecule has 5 aromatic rings. The fourth-order valence-corrected chi connectivity index (χ4v) is 4.26. The van der Waals surface area contributed by atoms with Gasteiger partial charge in [-0.1, -0.05) is 36.4 Å². The average Bonchev–Trinajstić information content (AvgIpc) is 3.21. The van der Waals surface area contributed by atoms with Crippen LogP contribution in [-0.2, 0) is 13.0 Å². The molecular formula is C28H20F5N3O3. The number of rotatable bonds is 8. The Balaban J connectivity index is 1.56. The summed E-state index contributed by atoms with van der Waals surface area (Å²) in [5.74, 6) is 0.231. The van der Waals surface area contributed by atoms with E-state index >= 15 is 0 Å². The predicted octanol–water partition coefficient (Wildman–Crippen LogP) is 6.53. The van der Waals surface area contributed by atoms with Crippen LogP contribution in [0.1, 0.15) is 17.0 Å². The van der Waals surface area contributed by atoms with E-state index in [1.165, 1.54) is 36.4 Å². The molecule has 6 nitrogen and oxygen atoms in total. The largest absolute Gasteiger partial charge is 0.573 e. The number of aromatic nitrogens is 3. The number of nitrogens with one attached hydrogen (secondary N) is 1. The number of alkyl halides is 5.